The number of ether oxygens (including phenoxy) is 1. The van der Waals surface area contributed by atoms with E-state index in [9.17, 15) is 18.0 Å². The average molecular weight is 553 g/mol. The molecule has 2 aromatic heterocycles. The van der Waals surface area contributed by atoms with Crippen LogP contribution in [0, 0.1) is 0 Å². The molecule has 3 heterocycles. The number of alkyl carbamates (subject to hydrolysis) is 1. The van der Waals surface area contributed by atoms with Gasteiger partial charge in [-0.25, -0.2) is 28.0 Å². The first-order valence-corrected chi connectivity index (χ1v) is 14.3. The summed E-state index contributed by atoms with van der Waals surface area (Å²) in [5.74, 6) is 0. The van der Waals surface area contributed by atoms with Crippen molar-refractivity contribution in [1.29, 1.82) is 0 Å². The number of carbonyl (C=O) groups is 1. The molecule has 5 rings (SSSR count). The summed E-state index contributed by atoms with van der Waals surface area (Å²) in [6.07, 6.45) is 3.76. The summed E-state index contributed by atoms with van der Waals surface area (Å²) in [6.45, 7) is 1.00. The molecule has 1 amide bonds. The Balaban J connectivity index is 1.08. The van der Waals surface area contributed by atoms with Crippen LogP contribution in [0.15, 0.2) is 39.6 Å². The molecule has 2 fully saturated rings. The predicted octanol–water partition coefficient (Wildman–Crippen LogP) is 2.63. The zero-order valence-corrected chi connectivity index (χ0v) is 21.5. The van der Waals surface area contributed by atoms with Crippen LogP contribution < -0.4 is 20.5 Å². The first kappa shape index (κ1) is 24.9. The molecule has 0 spiro atoms. The number of aromatic amines is 1. The third kappa shape index (κ3) is 5.48. The number of sulfonamides is 1. The van der Waals surface area contributed by atoms with Gasteiger partial charge in [-0.05, 0) is 43.9 Å². The van der Waals surface area contributed by atoms with Crippen LogP contribution in [-0.2, 0) is 14.8 Å². The Hall–Kier alpha value is -2.74. The van der Waals surface area contributed by atoms with E-state index in [1.807, 2.05) is 4.90 Å². The van der Waals surface area contributed by atoms with Crippen molar-refractivity contribution in [1.82, 2.24) is 25.2 Å². The minimum Gasteiger partial charge on any atom is -0.444 e. The van der Waals surface area contributed by atoms with E-state index in [1.165, 1.54) is 17.5 Å². The highest BCUT2D eigenvalue weighted by Gasteiger charge is 2.30. The van der Waals surface area contributed by atoms with Crippen molar-refractivity contribution in [2.24, 2.45) is 0 Å². The van der Waals surface area contributed by atoms with Crippen molar-refractivity contribution in [2.45, 2.75) is 55.2 Å². The maximum Gasteiger partial charge on any atom is 0.407 e. The van der Waals surface area contributed by atoms with E-state index >= 15 is 0 Å². The predicted molar refractivity (Wildman–Crippen MR) is 136 cm³/mol. The smallest absolute Gasteiger partial charge is 0.407 e. The lowest BCUT2D eigenvalue weighted by atomic mass is 9.92. The second kappa shape index (κ2) is 10.3. The minimum absolute atomic E-state index is 0.0616. The fraction of sp³-hybridized carbons (Fsp3) is 0.455. The molecule has 1 saturated heterocycles. The number of rotatable bonds is 6. The zero-order chi connectivity index (χ0) is 25.3. The van der Waals surface area contributed by atoms with E-state index in [0.717, 1.165) is 10.2 Å². The van der Waals surface area contributed by atoms with Gasteiger partial charge in [-0.15, -0.1) is 11.3 Å². The summed E-state index contributed by atoms with van der Waals surface area (Å²) >= 11 is 7.47. The molecule has 36 heavy (non-hydrogen) atoms. The number of thiazole rings is 1. The monoisotopic (exact) mass is 552 g/mol. The van der Waals surface area contributed by atoms with E-state index < -0.39 is 21.7 Å². The van der Waals surface area contributed by atoms with Crippen LogP contribution >= 0.6 is 22.9 Å². The SMILES string of the molecule is O=C(N[C@H]1CC[C@H](NS(=O)(=O)c2ccc3ncsc3c2)CC1)O[C@@H]1CCN(c2cn[nH]c(=O)c2Cl)C1. The molecule has 11 nitrogen and oxygen atoms in total. The van der Waals surface area contributed by atoms with Crippen LogP contribution in [-0.4, -0.2) is 61.0 Å². The standard InChI is InChI=1S/C22H25ClN6O5S2/c23-20-18(10-25-27-21(20)30)29-8-7-15(11-29)34-22(31)26-13-1-3-14(4-2-13)28-36(32,33)16-5-6-17-19(9-16)35-12-24-17/h5-6,9-10,12-15,28H,1-4,7-8,11H2,(H,26,31)(H,27,30)/t13-,14-,15-/m1/s1. The highest BCUT2D eigenvalue weighted by molar-refractivity contribution is 7.89. The highest BCUT2D eigenvalue weighted by atomic mass is 35.5. The van der Waals surface area contributed by atoms with Gasteiger partial charge in [0.2, 0.25) is 10.0 Å². The van der Waals surface area contributed by atoms with Gasteiger partial charge in [0.1, 0.15) is 11.1 Å². The second-order valence-corrected chi connectivity index (χ2v) is 11.9. The number of halogens is 1. The number of aromatic nitrogens is 3. The number of nitrogens with one attached hydrogen (secondary N) is 3. The number of anilines is 1. The van der Waals surface area contributed by atoms with Crippen LogP contribution in [0.2, 0.25) is 5.02 Å². The Morgan fingerprint density at radius 1 is 1.19 bits per heavy atom. The summed E-state index contributed by atoms with van der Waals surface area (Å²) in [5.41, 5.74) is 2.52. The minimum atomic E-state index is -3.64. The second-order valence-electron chi connectivity index (χ2n) is 8.96. The molecule has 1 atom stereocenters. The van der Waals surface area contributed by atoms with E-state index in [-0.39, 0.29) is 28.1 Å². The normalized spacial score (nSPS) is 22.6. The summed E-state index contributed by atoms with van der Waals surface area (Å²) in [7, 11) is -3.64. The molecule has 0 unspecified atom stereocenters. The molecule has 1 aliphatic carbocycles. The topological polar surface area (TPSA) is 146 Å². The number of hydrogen-bond acceptors (Lipinski definition) is 9. The van der Waals surface area contributed by atoms with Crippen LogP contribution in [0.5, 0.6) is 0 Å². The largest absolute Gasteiger partial charge is 0.444 e. The van der Waals surface area contributed by atoms with Gasteiger partial charge in [-0.1, -0.05) is 11.6 Å². The van der Waals surface area contributed by atoms with Crippen LogP contribution in [0.1, 0.15) is 32.1 Å². The van der Waals surface area contributed by atoms with Gasteiger partial charge in [-0.3, -0.25) is 4.79 Å². The molecule has 1 aromatic carbocycles. The van der Waals surface area contributed by atoms with Gasteiger partial charge >= 0.3 is 6.09 Å². The third-order valence-electron chi connectivity index (χ3n) is 6.52. The Bertz CT molecular complexity index is 1420. The highest BCUT2D eigenvalue weighted by Crippen LogP contribution is 2.27. The lowest BCUT2D eigenvalue weighted by Crippen LogP contribution is -2.44. The van der Waals surface area contributed by atoms with Crippen molar-refractivity contribution in [3.05, 3.63) is 45.3 Å². The van der Waals surface area contributed by atoms with E-state index in [1.54, 1.807) is 23.7 Å². The number of carbonyl (C=O) groups excluding carboxylic acids is 1. The molecule has 14 heteroatoms. The Morgan fingerprint density at radius 3 is 2.78 bits per heavy atom. The molecule has 1 aliphatic heterocycles. The van der Waals surface area contributed by atoms with E-state index in [4.69, 9.17) is 16.3 Å². The fourth-order valence-electron chi connectivity index (χ4n) is 4.64. The molecule has 192 valence electrons. The molecule has 1 saturated carbocycles. The Kier molecular flexibility index (Phi) is 7.15. The van der Waals surface area contributed by atoms with Crippen molar-refractivity contribution in [2.75, 3.05) is 18.0 Å². The van der Waals surface area contributed by atoms with E-state index in [0.29, 0.717) is 50.9 Å². The van der Waals surface area contributed by atoms with Crippen molar-refractivity contribution in [3.63, 3.8) is 0 Å². The van der Waals surface area contributed by atoms with Gasteiger partial charge in [0.15, 0.2) is 0 Å². The maximum atomic E-state index is 12.8. The van der Waals surface area contributed by atoms with Gasteiger partial charge in [0.05, 0.1) is 39.1 Å². The molecule has 0 bridgehead atoms. The lowest BCUT2D eigenvalue weighted by molar-refractivity contribution is 0.102. The quantitative estimate of drug-likeness (QED) is 0.423. The molecular weight excluding hydrogens is 528 g/mol. The van der Waals surface area contributed by atoms with Gasteiger partial charge in [0.25, 0.3) is 5.56 Å². The van der Waals surface area contributed by atoms with Gasteiger partial charge in [0, 0.05) is 25.0 Å². The first-order valence-electron chi connectivity index (χ1n) is 11.6. The summed E-state index contributed by atoms with van der Waals surface area (Å²) < 4.78 is 34.9. The Morgan fingerprint density at radius 2 is 1.97 bits per heavy atom. The van der Waals surface area contributed by atoms with Gasteiger partial charge < -0.3 is 15.0 Å². The van der Waals surface area contributed by atoms with Gasteiger partial charge in [-0.2, -0.15) is 5.10 Å². The fourth-order valence-corrected chi connectivity index (χ4v) is 6.97. The molecule has 2 aliphatic rings. The average Bonchev–Trinajstić information content (AvgIpc) is 3.51. The summed E-state index contributed by atoms with van der Waals surface area (Å²) in [6, 6.07) is 4.63. The molecule has 3 N–H and O–H groups in total. The van der Waals surface area contributed by atoms with Crippen molar-refractivity contribution >= 4 is 55.0 Å². The number of hydrogen-bond donors (Lipinski definition) is 3. The van der Waals surface area contributed by atoms with Crippen LogP contribution in [0.4, 0.5) is 10.5 Å². The first-order chi connectivity index (χ1) is 17.3. The number of amides is 1. The lowest BCUT2D eigenvalue weighted by Gasteiger charge is -2.29. The maximum absolute atomic E-state index is 12.8. The summed E-state index contributed by atoms with van der Waals surface area (Å²) in [5, 5.41) is 9.02. The number of nitrogens with zero attached hydrogens (tertiary/aromatic N) is 3. The van der Waals surface area contributed by atoms with Crippen molar-refractivity contribution < 1.29 is 17.9 Å². The molecule has 0 radical (unpaired) electrons. The zero-order valence-electron chi connectivity index (χ0n) is 19.1. The summed E-state index contributed by atoms with van der Waals surface area (Å²) in [4.78, 5) is 30.4. The number of fused-ring (bicyclic) bond motifs is 1. The Labute approximate surface area is 216 Å². The number of benzene rings is 1. The molecular formula is C22H25ClN6O5S2. The van der Waals surface area contributed by atoms with E-state index in [2.05, 4.69) is 25.2 Å². The van der Waals surface area contributed by atoms with Crippen molar-refractivity contribution in [3.8, 4) is 0 Å². The third-order valence-corrected chi connectivity index (χ3v) is 9.20. The molecule has 3 aromatic rings. The van der Waals surface area contributed by atoms with Crippen LogP contribution in [0.3, 0.4) is 0 Å². The number of H-pyrrole nitrogens is 1. The van der Waals surface area contributed by atoms with Crippen LogP contribution in [0.25, 0.3) is 10.2 Å².